The van der Waals surface area contributed by atoms with Crippen molar-refractivity contribution in [3.8, 4) is 11.3 Å². The minimum Gasteiger partial charge on any atom is -0.444 e. The number of carbonyl (C=O) groups excluding carboxylic acids is 1. The molecule has 0 spiro atoms. The van der Waals surface area contributed by atoms with Gasteiger partial charge in [-0.25, -0.2) is 14.8 Å². The number of ether oxygens (including phenoxy) is 1. The SMILES string of the molecule is CC(C)(C)OC(=O)NC[C@H]1CC[C@@H](c2nccc(-c3ccc4ccccc4c3)n2)CC1. The fourth-order valence-electron chi connectivity index (χ4n) is 4.25. The normalized spacial score (nSPS) is 19.2. The van der Waals surface area contributed by atoms with E-state index in [1.54, 1.807) is 0 Å². The van der Waals surface area contributed by atoms with Crippen LogP contribution in [0, 0.1) is 5.92 Å². The van der Waals surface area contributed by atoms with Crippen LogP contribution in [-0.4, -0.2) is 28.2 Å². The number of fused-ring (bicyclic) bond motifs is 1. The van der Waals surface area contributed by atoms with Crippen LogP contribution in [0.4, 0.5) is 4.79 Å². The van der Waals surface area contributed by atoms with Crippen molar-refractivity contribution in [2.75, 3.05) is 6.54 Å². The fourth-order valence-corrected chi connectivity index (χ4v) is 4.25. The molecule has 31 heavy (non-hydrogen) atoms. The zero-order valence-electron chi connectivity index (χ0n) is 18.6. The maximum atomic E-state index is 11.9. The Bertz CT molecular complexity index is 1050. The van der Waals surface area contributed by atoms with Gasteiger partial charge in [-0.1, -0.05) is 36.4 Å². The average Bonchev–Trinajstić information content (AvgIpc) is 2.77. The van der Waals surface area contributed by atoms with E-state index in [4.69, 9.17) is 9.72 Å². The molecule has 0 aliphatic heterocycles. The van der Waals surface area contributed by atoms with Gasteiger partial charge in [-0.05, 0) is 75.3 Å². The predicted octanol–water partition coefficient (Wildman–Crippen LogP) is 6.10. The summed E-state index contributed by atoms with van der Waals surface area (Å²) in [5, 5.41) is 5.37. The van der Waals surface area contributed by atoms with Gasteiger partial charge in [-0.2, -0.15) is 0 Å². The summed E-state index contributed by atoms with van der Waals surface area (Å²) in [6, 6.07) is 16.8. The summed E-state index contributed by atoms with van der Waals surface area (Å²) >= 11 is 0. The number of nitrogens with zero attached hydrogens (tertiary/aromatic N) is 2. The van der Waals surface area contributed by atoms with Gasteiger partial charge in [-0.15, -0.1) is 0 Å². The molecular weight excluding hydrogens is 386 g/mol. The maximum Gasteiger partial charge on any atom is 0.407 e. The molecule has 1 aromatic heterocycles. The first-order valence-electron chi connectivity index (χ1n) is 11.2. The number of amides is 1. The summed E-state index contributed by atoms with van der Waals surface area (Å²) in [4.78, 5) is 21.4. The Labute approximate surface area is 184 Å². The van der Waals surface area contributed by atoms with E-state index in [0.717, 1.165) is 42.8 Å². The molecule has 1 N–H and O–H groups in total. The highest BCUT2D eigenvalue weighted by Crippen LogP contribution is 2.34. The first-order chi connectivity index (χ1) is 14.9. The molecule has 1 aliphatic rings. The second-order valence-corrected chi connectivity index (χ2v) is 9.46. The van der Waals surface area contributed by atoms with Gasteiger partial charge in [0, 0.05) is 24.2 Å². The summed E-state index contributed by atoms with van der Waals surface area (Å²) in [7, 11) is 0. The Morgan fingerprint density at radius 1 is 1.03 bits per heavy atom. The molecule has 3 aromatic rings. The zero-order valence-corrected chi connectivity index (χ0v) is 18.6. The molecular formula is C26H31N3O2. The highest BCUT2D eigenvalue weighted by molar-refractivity contribution is 5.86. The molecule has 5 heteroatoms. The van der Waals surface area contributed by atoms with Gasteiger partial charge in [0.2, 0.25) is 0 Å². The quantitative estimate of drug-likeness (QED) is 0.557. The van der Waals surface area contributed by atoms with Crippen LogP contribution in [0.25, 0.3) is 22.0 Å². The summed E-state index contributed by atoms with van der Waals surface area (Å²) in [6.45, 7) is 6.30. The monoisotopic (exact) mass is 417 g/mol. The molecule has 0 unspecified atom stereocenters. The third kappa shape index (κ3) is 5.60. The lowest BCUT2D eigenvalue weighted by Gasteiger charge is -2.28. The molecule has 1 heterocycles. The van der Waals surface area contributed by atoms with Gasteiger partial charge < -0.3 is 10.1 Å². The van der Waals surface area contributed by atoms with Crippen molar-refractivity contribution in [1.29, 1.82) is 0 Å². The van der Waals surface area contributed by atoms with E-state index >= 15 is 0 Å². The van der Waals surface area contributed by atoms with Crippen molar-refractivity contribution in [3.63, 3.8) is 0 Å². The number of benzene rings is 2. The van der Waals surface area contributed by atoms with E-state index in [-0.39, 0.29) is 6.09 Å². The summed E-state index contributed by atoms with van der Waals surface area (Å²) in [6.07, 6.45) is 5.75. The van der Waals surface area contributed by atoms with Crippen molar-refractivity contribution in [1.82, 2.24) is 15.3 Å². The highest BCUT2D eigenvalue weighted by atomic mass is 16.6. The van der Waals surface area contributed by atoms with Crippen LogP contribution in [0.3, 0.4) is 0 Å². The van der Waals surface area contributed by atoms with Crippen molar-refractivity contribution >= 4 is 16.9 Å². The van der Waals surface area contributed by atoms with E-state index in [1.807, 2.05) is 33.0 Å². The van der Waals surface area contributed by atoms with E-state index in [1.165, 1.54) is 10.8 Å². The largest absolute Gasteiger partial charge is 0.444 e. The topological polar surface area (TPSA) is 64.1 Å². The number of hydrogen-bond donors (Lipinski definition) is 1. The van der Waals surface area contributed by atoms with Crippen LogP contribution in [0.5, 0.6) is 0 Å². The van der Waals surface area contributed by atoms with Crippen LogP contribution in [-0.2, 0) is 4.74 Å². The number of rotatable bonds is 4. The molecule has 0 radical (unpaired) electrons. The number of hydrogen-bond acceptors (Lipinski definition) is 4. The van der Waals surface area contributed by atoms with Crippen molar-refractivity contribution in [2.24, 2.45) is 5.92 Å². The Kier molecular flexibility index (Phi) is 6.21. The fraction of sp³-hybridized carbons (Fsp3) is 0.423. The minimum atomic E-state index is -0.463. The van der Waals surface area contributed by atoms with Crippen LogP contribution in [0.15, 0.2) is 54.7 Å². The molecule has 1 aliphatic carbocycles. The lowest BCUT2D eigenvalue weighted by Crippen LogP contribution is -2.36. The molecule has 0 saturated heterocycles. The molecule has 5 nitrogen and oxygen atoms in total. The van der Waals surface area contributed by atoms with Gasteiger partial charge in [0.05, 0.1) is 5.69 Å². The molecule has 4 rings (SSSR count). The van der Waals surface area contributed by atoms with Gasteiger partial charge in [-0.3, -0.25) is 0 Å². The van der Waals surface area contributed by atoms with Gasteiger partial charge in [0.1, 0.15) is 11.4 Å². The molecule has 1 amide bonds. The Morgan fingerprint density at radius 3 is 2.52 bits per heavy atom. The Hall–Kier alpha value is -2.95. The van der Waals surface area contributed by atoms with Crippen LogP contribution < -0.4 is 5.32 Å². The number of nitrogens with one attached hydrogen (secondary N) is 1. The van der Waals surface area contributed by atoms with E-state index in [2.05, 4.69) is 52.8 Å². The van der Waals surface area contributed by atoms with Crippen molar-refractivity contribution < 1.29 is 9.53 Å². The zero-order chi connectivity index (χ0) is 21.8. The summed E-state index contributed by atoms with van der Waals surface area (Å²) < 4.78 is 5.33. The summed E-state index contributed by atoms with van der Waals surface area (Å²) in [5.41, 5.74) is 1.64. The molecule has 0 atom stereocenters. The number of carbonyl (C=O) groups is 1. The molecule has 0 bridgehead atoms. The molecule has 1 saturated carbocycles. The van der Waals surface area contributed by atoms with Crippen LogP contribution >= 0.6 is 0 Å². The lowest BCUT2D eigenvalue weighted by atomic mass is 9.81. The Morgan fingerprint density at radius 2 is 1.77 bits per heavy atom. The van der Waals surface area contributed by atoms with Gasteiger partial charge in [0.15, 0.2) is 0 Å². The summed E-state index contributed by atoms with van der Waals surface area (Å²) in [5.74, 6) is 1.79. The maximum absolute atomic E-state index is 11.9. The third-order valence-electron chi connectivity index (χ3n) is 5.87. The Balaban J connectivity index is 1.36. The lowest BCUT2D eigenvalue weighted by molar-refractivity contribution is 0.0514. The first-order valence-corrected chi connectivity index (χ1v) is 11.2. The van der Waals surface area contributed by atoms with E-state index < -0.39 is 5.60 Å². The highest BCUT2D eigenvalue weighted by Gasteiger charge is 2.25. The average molecular weight is 418 g/mol. The first kappa shape index (κ1) is 21.3. The van der Waals surface area contributed by atoms with Gasteiger partial charge >= 0.3 is 6.09 Å². The number of aromatic nitrogens is 2. The standard InChI is InChI=1S/C26H31N3O2/c1-26(2,3)31-25(30)28-17-18-8-10-20(11-9-18)24-27-15-14-23(29-24)22-13-12-19-6-4-5-7-21(19)16-22/h4-7,12-16,18,20H,8-11,17H2,1-3H3,(H,28,30)/t18-,20+. The minimum absolute atomic E-state index is 0.332. The smallest absolute Gasteiger partial charge is 0.407 e. The second kappa shape index (κ2) is 9.04. The van der Waals surface area contributed by atoms with E-state index in [9.17, 15) is 4.79 Å². The van der Waals surface area contributed by atoms with Crippen LogP contribution in [0.1, 0.15) is 58.2 Å². The molecule has 1 fully saturated rings. The van der Waals surface area contributed by atoms with E-state index in [0.29, 0.717) is 18.4 Å². The molecule has 162 valence electrons. The van der Waals surface area contributed by atoms with Crippen LogP contribution in [0.2, 0.25) is 0 Å². The number of alkyl carbamates (subject to hydrolysis) is 1. The van der Waals surface area contributed by atoms with Gasteiger partial charge in [0.25, 0.3) is 0 Å². The second-order valence-electron chi connectivity index (χ2n) is 9.46. The third-order valence-corrected chi connectivity index (χ3v) is 5.87. The van der Waals surface area contributed by atoms with Crippen molar-refractivity contribution in [2.45, 2.75) is 58.0 Å². The molecule has 2 aromatic carbocycles. The van der Waals surface area contributed by atoms with Crippen molar-refractivity contribution in [3.05, 3.63) is 60.6 Å². The predicted molar refractivity (Wildman–Crippen MR) is 124 cm³/mol.